The molecule has 0 bridgehead atoms. The summed E-state index contributed by atoms with van der Waals surface area (Å²) in [7, 11) is 0. The van der Waals surface area contributed by atoms with E-state index in [9.17, 15) is 9.59 Å². The molecule has 0 unspecified atom stereocenters. The van der Waals surface area contributed by atoms with E-state index in [2.05, 4.69) is 11.1 Å². The van der Waals surface area contributed by atoms with Crippen LogP contribution in [0.5, 0.6) is 0 Å². The number of H-pyrrole nitrogens is 1. The first-order valence-corrected chi connectivity index (χ1v) is 8.27. The minimum Gasteiger partial charge on any atom is -0.361 e. The van der Waals surface area contributed by atoms with Gasteiger partial charge in [-0.1, -0.05) is 35.9 Å². The van der Waals surface area contributed by atoms with Gasteiger partial charge in [-0.3, -0.25) is 14.5 Å². The van der Waals surface area contributed by atoms with E-state index < -0.39 is 0 Å². The molecule has 1 aromatic carbocycles. The predicted molar refractivity (Wildman–Crippen MR) is 88.9 cm³/mol. The number of imide groups is 1. The van der Waals surface area contributed by atoms with E-state index in [0.29, 0.717) is 30.8 Å². The summed E-state index contributed by atoms with van der Waals surface area (Å²) in [4.78, 5) is 29.7. The van der Waals surface area contributed by atoms with Crippen molar-refractivity contribution in [2.24, 2.45) is 11.8 Å². The summed E-state index contributed by atoms with van der Waals surface area (Å²) in [5.74, 6) is -0.581. The number of hydrogen-bond donors (Lipinski definition) is 1. The van der Waals surface area contributed by atoms with Crippen LogP contribution < -0.4 is 0 Å². The molecule has 4 nitrogen and oxygen atoms in total. The van der Waals surface area contributed by atoms with E-state index in [0.717, 1.165) is 16.5 Å². The quantitative estimate of drug-likeness (QED) is 0.879. The fraction of sp³-hybridized carbons (Fsp3) is 0.333. The van der Waals surface area contributed by atoms with E-state index in [1.165, 1.54) is 4.90 Å². The van der Waals surface area contributed by atoms with Gasteiger partial charge in [0.25, 0.3) is 0 Å². The number of likely N-dealkylation sites (tertiary alicyclic amines) is 1. The van der Waals surface area contributed by atoms with Crippen molar-refractivity contribution in [1.82, 2.24) is 9.88 Å². The third-order valence-corrected chi connectivity index (χ3v) is 5.25. The molecule has 2 aromatic rings. The van der Waals surface area contributed by atoms with Gasteiger partial charge < -0.3 is 4.98 Å². The number of rotatable bonds is 3. The van der Waals surface area contributed by atoms with Gasteiger partial charge in [0, 0.05) is 28.7 Å². The number of benzene rings is 1. The second kappa shape index (κ2) is 5.53. The number of para-hydroxylation sites is 1. The van der Waals surface area contributed by atoms with Gasteiger partial charge in [0.1, 0.15) is 0 Å². The minimum atomic E-state index is -0.261. The number of hydrogen-bond acceptors (Lipinski definition) is 2. The average molecular weight is 329 g/mol. The van der Waals surface area contributed by atoms with E-state index in [1.54, 1.807) is 0 Å². The lowest BCUT2D eigenvalue weighted by Gasteiger charge is -2.17. The highest BCUT2D eigenvalue weighted by Gasteiger charge is 2.47. The first kappa shape index (κ1) is 14.5. The molecule has 5 heteroatoms. The Kier molecular flexibility index (Phi) is 3.49. The molecule has 2 heterocycles. The Balaban J connectivity index is 1.51. The molecule has 2 amide bonds. The topological polar surface area (TPSA) is 53.2 Å². The van der Waals surface area contributed by atoms with Crippen LogP contribution in [0.15, 0.2) is 41.6 Å². The minimum absolute atomic E-state index is 0.0414. The Morgan fingerprint density at radius 3 is 2.83 bits per heavy atom. The van der Waals surface area contributed by atoms with Crippen LogP contribution in [0.4, 0.5) is 0 Å². The summed E-state index contributed by atoms with van der Waals surface area (Å²) in [6, 6.07) is 8.05. The second-order valence-electron chi connectivity index (χ2n) is 6.24. The van der Waals surface area contributed by atoms with Crippen molar-refractivity contribution in [2.75, 3.05) is 6.54 Å². The number of halogens is 1. The monoisotopic (exact) mass is 328 g/mol. The largest absolute Gasteiger partial charge is 0.361 e. The van der Waals surface area contributed by atoms with E-state index in [1.807, 2.05) is 30.5 Å². The number of carbonyl (C=O) groups is 2. The number of aromatic amines is 1. The maximum atomic E-state index is 12.5. The van der Waals surface area contributed by atoms with Crippen LogP contribution in [-0.4, -0.2) is 28.2 Å². The van der Waals surface area contributed by atoms with E-state index in [4.69, 9.17) is 11.6 Å². The Bertz CT molecular complexity index is 823. The highest BCUT2D eigenvalue weighted by molar-refractivity contribution is 6.30. The molecular weight excluding hydrogens is 312 g/mol. The molecule has 0 spiro atoms. The Labute approximate surface area is 139 Å². The molecule has 4 rings (SSSR count). The molecule has 1 aromatic heterocycles. The van der Waals surface area contributed by atoms with Crippen molar-refractivity contribution in [1.29, 1.82) is 0 Å². The summed E-state index contributed by atoms with van der Waals surface area (Å²) < 4.78 is 0. The van der Waals surface area contributed by atoms with Crippen LogP contribution in [0, 0.1) is 11.8 Å². The van der Waals surface area contributed by atoms with E-state index >= 15 is 0 Å². The molecule has 1 N–H and O–H groups in total. The van der Waals surface area contributed by atoms with Crippen LogP contribution in [-0.2, 0) is 16.0 Å². The number of carbonyl (C=O) groups excluding carboxylic acids is 2. The maximum absolute atomic E-state index is 12.5. The molecule has 1 aliphatic carbocycles. The van der Waals surface area contributed by atoms with Crippen LogP contribution in [0.25, 0.3) is 10.9 Å². The lowest BCUT2D eigenvalue weighted by Crippen LogP contribution is -2.33. The third kappa shape index (κ3) is 2.38. The van der Waals surface area contributed by atoms with Crippen molar-refractivity contribution in [2.45, 2.75) is 19.3 Å². The molecule has 1 aliphatic heterocycles. The fourth-order valence-corrected chi connectivity index (χ4v) is 3.94. The molecular formula is C18H17ClN2O2. The van der Waals surface area contributed by atoms with Gasteiger partial charge in [-0.25, -0.2) is 0 Å². The highest BCUT2D eigenvalue weighted by Crippen LogP contribution is 2.38. The normalized spacial score (nSPS) is 24.2. The standard InChI is InChI=1S/C18H17ClN2O2/c19-12-5-6-14-15(9-12)18(23)21(17(14)22)8-7-11-10-20-16-4-2-1-3-13(11)16/h1-5,10,14-15,20H,6-9H2/t14-,15-/m0/s1. The first-order valence-electron chi connectivity index (χ1n) is 7.90. The lowest BCUT2D eigenvalue weighted by atomic mass is 9.85. The van der Waals surface area contributed by atoms with Gasteiger partial charge in [0.2, 0.25) is 11.8 Å². The van der Waals surface area contributed by atoms with Crippen molar-refractivity contribution in [3.8, 4) is 0 Å². The molecule has 0 radical (unpaired) electrons. The maximum Gasteiger partial charge on any atom is 0.233 e. The van der Waals surface area contributed by atoms with Gasteiger partial charge in [-0.15, -0.1) is 0 Å². The molecule has 0 saturated carbocycles. The van der Waals surface area contributed by atoms with Gasteiger partial charge in [0.05, 0.1) is 11.8 Å². The number of aromatic nitrogens is 1. The zero-order valence-corrected chi connectivity index (χ0v) is 13.3. The van der Waals surface area contributed by atoms with Crippen molar-refractivity contribution in [3.63, 3.8) is 0 Å². The second-order valence-corrected chi connectivity index (χ2v) is 6.73. The molecule has 1 saturated heterocycles. The summed E-state index contributed by atoms with van der Waals surface area (Å²) in [6.07, 6.45) is 5.58. The number of fused-ring (bicyclic) bond motifs is 2. The van der Waals surface area contributed by atoms with Gasteiger partial charge in [0.15, 0.2) is 0 Å². The SMILES string of the molecule is O=C1[C@H]2CC=C(Cl)C[C@@H]2C(=O)N1CCc1c[nH]c2ccccc12. The van der Waals surface area contributed by atoms with Crippen molar-refractivity contribution < 1.29 is 9.59 Å². The van der Waals surface area contributed by atoms with Crippen LogP contribution >= 0.6 is 11.6 Å². The van der Waals surface area contributed by atoms with Crippen LogP contribution in [0.1, 0.15) is 18.4 Å². The zero-order valence-electron chi connectivity index (χ0n) is 12.6. The van der Waals surface area contributed by atoms with Gasteiger partial charge in [-0.2, -0.15) is 0 Å². The summed E-state index contributed by atoms with van der Waals surface area (Å²) in [5, 5.41) is 1.85. The first-order chi connectivity index (χ1) is 11.1. The van der Waals surface area contributed by atoms with E-state index in [-0.39, 0.29) is 23.7 Å². The summed E-state index contributed by atoms with van der Waals surface area (Å²) in [5.41, 5.74) is 2.21. The number of allylic oxidation sites excluding steroid dienone is 2. The molecule has 118 valence electrons. The summed E-state index contributed by atoms with van der Waals surface area (Å²) in [6.45, 7) is 0.435. The Hall–Kier alpha value is -2.07. The highest BCUT2D eigenvalue weighted by atomic mass is 35.5. The van der Waals surface area contributed by atoms with Crippen LogP contribution in [0.2, 0.25) is 0 Å². The smallest absolute Gasteiger partial charge is 0.233 e. The Morgan fingerprint density at radius 1 is 1.17 bits per heavy atom. The van der Waals surface area contributed by atoms with Crippen molar-refractivity contribution in [3.05, 3.63) is 47.1 Å². The lowest BCUT2D eigenvalue weighted by molar-refractivity contribution is -0.139. The van der Waals surface area contributed by atoms with Crippen molar-refractivity contribution >= 4 is 34.3 Å². The molecule has 23 heavy (non-hydrogen) atoms. The average Bonchev–Trinajstić information content (AvgIpc) is 3.06. The van der Waals surface area contributed by atoms with Gasteiger partial charge in [-0.05, 0) is 30.9 Å². The molecule has 1 fully saturated rings. The third-order valence-electron chi connectivity index (χ3n) is 4.94. The number of amides is 2. The molecule has 2 atom stereocenters. The number of nitrogens with zero attached hydrogens (tertiary/aromatic N) is 1. The summed E-state index contributed by atoms with van der Waals surface area (Å²) >= 11 is 6.04. The van der Waals surface area contributed by atoms with Crippen LogP contribution in [0.3, 0.4) is 0 Å². The fourth-order valence-electron chi connectivity index (χ4n) is 3.69. The van der Waals surface area contributed by atoms with Gasteiger partial charge >= 0.3 is 0 Å². The number of nitrogens with one attached hydrogen (secondary N) is 1. The zero-order chi connectivity index (χ0) is 16.0. The predicted octanol–water partition coefficient (Wildman–Crippen LogP) is 3.23. The Morgan fingerprint density at radius 2 is 1.96 bits per heavy atom. The molecule has 2 aliphatic rings.